The van der Waals surface area contributed by atoms with Crippen LogP contribution >= 0.6 is 0 Å². The summed E-state index contributed by atoms with van der Waals surface area (Å²) in [6.07, 6.45) is 0. The van der Waals surface area contributed by atoms with Crippen molar-refractivity contribution in [1.82, 2.24) is 10.2 Å². The number of carbonyl (C=O) groups excluding carboxylic acids is 3. The summed E-state index contributed by atoms with van der Waals surface area (Å²) in [4.78, 5) is 38.3. The highest BCUT2D eigenvalue weighted by Gasteiger charge is 2.49. The molecule has 0 radical (unpaired) electrons. The van der Waals surface area contributed by atoms with Crippen LogP contribution in [0.15, 0.2) is 36.4 Å². The molecule has 4 amide bonds. The molecule has 1 fully saturated rings. The molecule has 0 aliphatic carbocycles. The van der Waals surface area contributed by atoms with Crippen LogP contribution in [0.25, 0.3) is 0 Å². The van der Waals surface area contributed by atoms with E-state index in [0.29, 0.717) is 11.4 Å². The minimum absolute atomic E-state index is 0.0676. The summed E-state index contributed by atoms with van der Waals surface area (Å²) in [6, 6.07) is 7.28. The van der Waals surface area contributed by atoms with Crippen LogP contribution in [0.4, 0.5) is 19.3 Å². The molecule has 1 unspecified atom stereocenters. The van der Waals surface area contributed by atoms with Crippen LogP contribution in [-0.2, 0) is 15.1 Å². The number of benzene rings is 2. The number of imide groups is 1. The number of ether oxygens (including phenoxy) is 1. The fourth-order valence-corrected chi connectivity index (χ4v) is 3.10. The maximum absolute atomic E-state index is 13.6. The lowest BCUT2D eigenvalue weighted by atomic mass is 9.92. The van der Waals surface area contributed by atoms with Crippen LogP contribution in [0.1, 0.15) is 18.1 Å². The standard InChI is InChI=1S/C20H19F2N3O4/c1-11-4-7-16(29-3)15(8-11)23-17(26)10-25-18(27)20(2,24-19(25)28)12-5-6-13(21)14(22)9-12/h4-9H,10H2,1-3H3,(H,23,26)(H,24,28). The van der Waals surface area contributed by atoms with Gasteiger partial charge in [0.15, 0.2) is 11.6 Å². The third kappa shape index (κ3) is 3.75. The lowest BCUT2D eigenvalue weighted by Crippen LogP contribution is -2.42. The van der Waals surface area contributed by atoms with Gasteiger partial charge < -0.3 is 15.4 Å². The van der Waals surface area contributed by atoms with Crippen molar-refractivity contribution < 1.29 is 27.9 Å². The number of nitrogens with zero attached hydrogens (tertiary/aromatic N) is 1. The van der Waals surface area contributed by atoms with E-state index in [2.05, 4.69) is 10.6 Å². The first kappa shape index (κ1) is 20.2. The number of hydrogen-bond acceptors (Lipinski definition) is 4. The van der Waals surface area contributed by atoms with Crippen molar-refractivity contribution in [2.24, 2.45) is 0 Å². The molecule has 1 heterocycles. The quantitative estimate of drug-likeness (QED) is 0.752. The zero-order valence-corrected chi connectivity index (χ0v) is 16.0. The Morgan fingerprint density at radius 3 is 2.55 bits per heavy atom. The number of aryl methyl sites for hydroxylation is 1. The molecule has 1 aliphatic rings. The number of carbonyl (C=O) groups is 3. The number of amides is 4. The molecule has 9 heteroatoms. The Kier molecular flexibility index (Phi) is 5.23. The monoisotopic (exact) mass is 403 g/mol. The van der Waals surface area contributed by atoms with Gasteiger partial charge in [0.2, 0.25) is 5.91 Å². The highest BCUT2D eigenvalue weighted by molar-refractivity contribution is 6.10. The third-order valence-corrected chi connectivity index (χ3v) is 4.70. The van der Waals surface area contributed by atoms with E-state index in [-0.39, 0.29) is 5.56 Å². The molecule has 2 aromatic carbocycles. The number of urea groups is 1. The highest BCUT2D eigenvalue weighted by atomic mass is 19.2. The molecule has 1 saturated heterocycles. The van der Waals surface area contributed by atoms with Crippen molar-refractivity contribution in [1.29, 1.82) is 0 Å². The van der Waals surface area contributed by atoms with Gasteiger partial charge in [0, 0.05) is 0 Å². The Balaban J connectivity index is 1.79. The van der Waals surface area contributed by atoms with Crippen LogP contribution in [0.3, 0.4) is 0 Å². The van der Waals surface area contributed by atoms with Gasteiger partial charge in [-0.2, -0.15) is 0 Å². The zero-order valence-electron chi connectivity index (χ0n) is 16.0. The normalized spacial score (nSPS) is 18.6. The number of halogens is 2. The molecule has 0 aromatic heterocycles. The Labute approximate surface area is 165 Å². The molecule has 152 valence electrons. The molecule has 0 spiro atoms. The van der Waals surface area contributed by atoms with Gasteiger partial charge in [-0.3, -0.25) is 14.5 Å². The van der Waals surface area contributed by atoms with E-state index >= 15 is 0 Å². The zero-order chi connectivity index (χ0) is 21.3. The van der Waals surface area contributed by atoms with Gasteiger partial charge in [-0.15, -0.1) is 0 Å². The first-order valence-electron chi connectivity index (χ1n) is 8.70. The Morgan fingerprint density at radius 2 is 1.90 bits per heavy atom. The summed E-state index contributed by atoms with van der Waals surface area (Å²) in [5.41, 5.74) is -0.277. The first-order valence-corrected chi connectivity index (χ1v) is 8.70. The maximum Gasteiger partial charge on any atom is 0.325 e. The van der Waals surface area contributed by atoms with Crippen LogP contribution < -0.4 is 15.4 Å². The molecular formula is C20H19F2N3O4. The van der Waals surface area contributed by atoms with E-state index in [4.69, 9.17) is 4.74 Å². The van der Waals surface area contributed by atoms with E-state index in [1.807, 2.05) is 6.92 Å². The van der Waals surface area contributed by atoms with E-state index in [0.717, 1.165) is 22.6 Å². The van der Waals surface area contributed by atoms with Crippen molar-refractivity contribution in [2.75, 3.05) is 19.0 Å². The third-order valence-electron chi connectivity index (χ3n) is 4.70. The van der Waals surface area contributed by atoms with Gasteiger partial charge in [-0.05, 0) is 49.2 Å². The van der Waals surface area contributed by atoms with Crippen LogP contribution in [0.5, 0.6) is 5.75 Å². The predicted octanol–water partition coefficient (Wildman–Crippen LogP) is 2.69. The van der Waals surface area contributed by atoms with Gasteiger partial charge in [-0.25, -0.2) is 13.6 Å². The van der Waals surface area contributed by atoms with Crippen LogP contribution in [0, 0.1) is 18.6 Å². The second kappa shape index (κ2) is 7.50. The van der Waals surface area contributed by atoms with E-state index in [1.165, 1.54) is 20.1 Å². The lowest BCUT2D eigenvalue weighted by Gasteiger charge is -2.22. The molecule has 1 aliphatic heterocycles. The van der Waals surface area contributed by atoms with E-state index in [9.17, 15) is 23.2 Å². The first-order chi connectivity index (χ1) is 13.7. The number of methoxy groups -OCH3 is 1. The smallest absolute Gasteiger partial charge is 0.325 e. The van der Waals surface area contributed by atoms with Gasteiger partial charge in [-0.1, -0.05) is 12.1 Å². The van der Waals surface area contributed by atoms with Crippen molar-refractivity contribution in [2.45, 2.75) is 19.4 Å². The molecule has 2 aromatic rings. The van der Waals surface area contributed by atoms with Crippen LogP contribution in [-0.4, -0.2) is 36.4 Å². The average molecular weight is 403 g/mol. The maximum atomic E-state index is 13.6. The topological polar surface area (TPSA) is 87.7 Å². The Bertz CT molecular complexity index is 1010. The second-order valence-electron chi connectivity index (χ2n) is 6.83. The largest absolute Gasteiger partial charge is 0.495 e. The minimum atomic E-state index is -1.62. The predicted molar refractivity (Wildman–Crippen MR) is 100 cm³/mol. The Hall–Kier alpha value is -3.49. The molecule has 0 bridgehead atoms. The van der Waals surface area contributed by atoms with Gasteiger partial charge in [0.05, 0.1) is 12.8 Å². The summed E-state index contributed by atoms with van der Waals surface area (Å²) in [6.45, 7) is 2.64. The van der Waals surface area contributed by atoms with Gasteiger partial charge in [0.1, 0.15) is 17.8 Å². The number of rotatable bonds is 5. The van der Waals surface area contributed by atoms with E-state index < -0.39 is 41.6 Å². The van der Waals surface area contributed by atoms with E-state index in [1.54, 1.807) is 18.2 Å². The molecule has 7 nitrogen and oxygen atoms in total. The molecule has 1 atom stereocenters. The SMILES string of the molecule is COc1ccc(C)cc1NC(=O)CN1C(=O)NC(C)(c2ccc(F)c(F)c2)C1=O. The van der Waals surface area contributed by atoms with Crippen molar-refractivity contribution in [3.8, 4) is 5.75 Å². The van der Waals surface area contributed by atoms with Crippen molar-refractivity contribution >= 4 is 23.5 Å². The number of nitrogens with one attached hydrogen (secondary N) is 2. The molecule has 29 heavy (non-hydrogen) atoms. The van der Waals surface area contributed by atoms with Gasteiger partial charge >= 0.3 is 6.03 Å². The molecule has 2 N–H and O–H groups in total. The Morgan fingerprint density at radius 1 is 1.17 bits per heavy atom. The fourth-order valence-electron chi connectivity index (χ4n) is 3.10. The molecule has 3 rings (SSSR count). The summed E-state index contributed by atoms with van der Waals surface area (Å²) in [5, 5.41) is 5.04. The van der Waals surface area contributed by atoms with Crippen LogP contribution in [0.2, 0.25) is 0 Å². The molecular weight excluding hydrogens is 384 g/mol. The lowest BCUT2D eigenvalue weighted by molar-refractivity contribution is -0.133. The van der Waals surface area contributed by atoms with Gasteiger partial charge in [0.25, 0.3) is 5.91 Å². The van der Waals surface area contributed by atoms with Crippen molar-refractivity contribution in [3.05, 3.63) is 59.2 Å². The highest BCUT2D eigenvalue weighted by Crippen LogP contribution is 2.30. The average Bonchev–Trinajstić information content (AvgIpc) is 2.88. The summed E-state index contributed by atoms with van der Waals surface area (Å²) in [7, 11) is 1.45. The minimum Gasteiger partial charge on any atom is -0.495 e. The van der Waals surface area contributed by atoms with Crippen molar-refractivity contribution in [3.63, 3.8) is 0 Å². The fraction of sp³-hybridized carbons (Fsp3) is 0.250. The summed E-state index contributed by atoms with van der Waals surface area (Å²) in [5.74, 6) is -3.16. The second-order valence-corrected chi connectivity index (χ2v) is 6.83. The number of hydrogen-bond donors (Lipinski definition) is 2. The summed E-state index contributed by atoms with van der Waals surface area (Å²) < 4.78 is 32.0. The number of anilines is 1. The summed E-state index contributed by atoms with van der Waals surface area (Å²) >= 11 is 0. The molecule has 0 saturated carbocycles.